The Bertz CT molecular complexity index is 860. The van der Waals surface area contributed by atoms with Crippen LogP contribution in [0.2, 0.25) is 0 Å². The predicted octanol–water partition coefficient (Wildman–Crippen LogP) is 2.75. The summed E-state index contributed by atoms with van der Waals surface area (Å²) in [5.41, 5.74) is 1.33. The van der Waals surface area contributed by atoms with Crippen LogP contribution >= 0.6 is 15.9 Å². The van der Waals surface area contributed by atoms with Crippen molar-refractivity contribution in [3.05, 3.63) is 58.6 Å². The van der Waals surface area contributed by atoms with Gasteiger partial charge in [-0.3, -0.25) is 9.20 Å². The van der Waals surface area contributed by atoms with Gasteiger partial charge in [0.15, 0.2) is 0 Å². The number of carbonyl (C=O) groups is 1. The molecule has 0 fully saturated rings. The Kier molecular flexibility index (Phi) is 3.49. The molecule has 1 unspecified atom stereocenters. The zero-order valence-corrected chi connectivity index (χ0v) is 13.7. The van der Waals surface area contributed by atoms with E-state index in [2.05, 4.69) is 31.2 Å². The molecule has 4 rings (SSSR count). The van der Waals surface area contributed by atoms with Gasteiger partial charge in [0.05, 0.1) is 12.6 Å². The highest BCUT2D eigenvalue weighted by Crippen LogP contribution is 2.34. The lowest BCUT2D eigenvalue weighted by Gasteiger charge is -2.26. The monoisotopic (exact) mass is 372 g/mol. The fourth-order valence-electron chi connectivity index (χ4n) is 2.69. The standard InChI is InChI=1S/C16H13BrN4O2/c17-10-2-3-14-11(8-10)12(4-7-23-14)19-15(22)13-9-21-6-1-5-18-16(21)20-13/h1-3,5-6,8-9,12H,4,7H2,(H,19,22). The number of hydrogen-bond acceptors (Lipinski definition) is 4. The predicted molar refractivity (Wildman–Crippen MR) is 87.4 cm³/mol. The summed E-state index contributed by atoms with van der Waals surface area (Å²) in [6.07, 6.45) is 5.86. The highest BCUT2D eigenvalue weighted by molar-refractivity contribution is 9.10. The van der Waals surface area contributed by atoms with Crippen LogP contribution in [0.25, 0.3) is 5.78 Å². The van der Waals surface area contributed by atoms with Crippen molar-refractivity contribution in [3.8, 4) is 5.75 Å². The molecule has 0 aliphatic carbocycles. The Morgan fingerprint density at radius 2 is 2.35 bits per heavy atom. The number of nitrogens with one attached hydrogen (secondary N) is 1. The van der Waals surface area contributed by atoms with Crippen LogP contribution in [0, 0.1) is 0 Å². The highest BCUT2D eigenvalue weighted by Gasteiger charge is 2.24. The number of nitrogens with zero attached hydrogens (tertiary/aromatic N) is 3. The lowest BCUT2D eigenvalue weighted by atomic mass is 10.0. The summed E-state index contributed by atoms with van der Waals surface area (Å²) in [6, 6.07) is 7.51. The largest absolute Gasteiger partial charge is 0.493 e. The minimum atomic E-state index is -0.215. The van der Waals surface area contributed by atoms with Gasteiger partial charge in [0.1, 0.15) is 11.4 Å². The molecule has 0 bridgehead atoms. The maximum absolute atomic E-state index is 12.5. The van der Waals surface area contributed by atoms with E-state index in [9.17, 15) is 4.79 Å². The first-order valence-electron chi connectivity index (χ1n) is 7.23. The summed E-state index contributed by atoms with van der Waals surface area (Å²) in [7, 11) is 0. The summed E-state index contributed by atoms with van der Waals surface area (Å²) in [5.74, 6) is 1.10. The number of hydrogen-bond donors (Lipinski definition) is 1. The molecule has 6 nitrogen and oxygen atoms in total. The third-order valence-corrected chi connectivity index (χ3v) is 4.28. The van der Waals surface area contributed by atoms with Gasteiger partial charge < -0.3 is 10.1 Å². The number of carbonyl (C=O) groups excluding carboxylic acids is 1. The summed E-state index contributed by atoms with van der Waals surface area (Å²) >= 11 is 3.46. The van der Waals surface area contributed by atoms with E-state index in [0.29, 0.717) is 18.1 Å². The van der Waals surface area contributed by atoms with Gasteiger partial charge in [0, 0.05) is 35.0 Å². The number of fused-ring (bicyclic) bond motifs is 2. The molecular formula is C16H13BrN4O2. The first-order valence-corrected chi connectivity index (χ1v) is 8.03. The fourth-order valence-corrected chi connectivity index (χ4v) is 3.07. The molecule has 3 heterocycles. The van der Waals surface area contributed by atoms with E-state index in [1.165, 1.54) is 0 Å². The molecule has 7 heteroatoms. The number of aromatic nitrogens is 3. The summed E-state index contributed by atoms with van der Waals surface area (Å²) in [6.45, 7) is 0.576. The lowest BCUT2D eigenvalue weighted by Crippen LogP contribution is -2.32. The Morgan fingerprint density at radius 3 is 3.22 bits per heavy atom. The van der Waals surface area contributed by atoms with Crippen molar-refractivity contribution in [2.45, 2.75) is 12.5 Å². The van der Waals surface area contributed by atoms with Crippen molar-refractivity contribution in [3.63, 3.8) is 0 Å². The highest BCUT2D eigenvalue weighted by atomic mass is 79.9. The molecule has 0 saturated carbocycles. The third kappa shape index (κ3) is 2.68. The van der Waals surface area contributed by atoms with Crippen LogP contribution in [0.15, 0.2) is 47.3 Å². The van der Waals surface area contributed by atoms with E-state index >= 15 is 0 Å². The first-order chi connectivity index (χ1) is 11.2. The summed E-state index contributed by atoms with van der Waals surface area (Å²) < 4.78 is 8.32. The Labute approximate surface area is 140 Å². The average molecular weight is 373 g/mol. The van der Waals surface area contributed by atoms with Crippen molar-refractivity contribution in [1.29, 1.82) is 0 Å². The van der Waals surface area contributed by atoms with E-state index in [1.807, 2.05) is 24.4 Å². The molecule has 1 atom stereocenters. The van der Waals surface area contributed by atoms with Crippen LogP contribution in [0.3, 0.4) is 0 Å². The van der Waals surface area contributed by atoms with Crippen molar-refractivity contribution >= 4 is 27.6 Å². The Balaban J connectivity index is 1.61. The van der Waals surface area contributed by atoms with Gasteiger partial charge in [-0.25, -0.2) is 9.97 Å². The van der Waals surface area contributed by atoms with Gasteiger partial charge in [-0.15, -0.1) is 0 Å². The first kappa shape index (κ1) is 14.2. The maximum atomic E-state index is 12.5. The van der Waals surface area contributed by atoms with Gasteiger partial charge in [-0.1, -0.05) is 15.9 Å². The van der Waals surface area contributed by atoms with Gasteiger partial charge in [-0.2, -0.15) is 0 Å². The second-order valence-corrected chi connectivity index (χ2v) is 6.21. The smallest absolute Gasteiger partial charge is 0.272 e. The second kappa shape index (κ2) is 5.66. The van der Waals surface area contributed by atoms with Crippen LogP contribution in [0.1, 0.15) is 28.5 Å². The second-order valence-electron chi connectivity index (χ2n) is 5.30. The molecule has 1 amide bonds. The van der Waals surface area contributed by atoms with Gasteiger partial charge in [0.25, 0.3) is 5.91 Å². The molecule has 116 valence electrons. The average Bonchev–Trinajstić information content (AvgIpc) is 2.99. The molecule has 0 saturated heterocycles. The number of rotatable bonds is 2. The molecule has 0 radical (unpaired) electrons. The van der Waals surface area contributed by atoms with Crippen LogP contribution in [0.5, 0.6) is 5.75 Å². The molecule has 3 aromatic rings. The molecular weight excluding hydrogens is 360 g/mol. The van der Waals surface area contributed by atoms with Crippen LogP contribution in [-0.4, -0.2) is 26.9 Å². The fraction of sp³-hybridized carbons (Fsp3) is 0.188. The quantitative estimate of drug-likeness (QED) is 0.750. The number of halogens is 1. The molecule has 1 aliphatic heterocycles. The Hall–Kier alpha value is -2.41. The SMILES string of the molecule is O=C(NC1CCOc2ccc(Br)cc21)c1cn2cccnc2n1. The minimum absolute atomic E-state index is 0.0958. The molecule has 1 N–H and O–H groups in total. The molecule has 23 heavy (non-hydrogen) atoms. The molecule has 0 spiro atoms. The van der Waals surface area contributed by atoms with Crippen molar-refractivity contribution in [1.82, 2.24) is 19.7 Å². The summed E-state index contributed by atoms with van der Waals surface area (Å²) in [5, 5.41) is 3.04. The maximum Gasteiger partial charge on any atom is 0.272 e. The van der Waals surface area contributed by atoms with E-state index in [1.54, 1.807) is 22.9 Å². The summed E-state index contributed by atoms with van der Waals surface area (Å²) in [4.78, 5) is 20.9. The van der Waals surface area contributed by atoms with Crippen molar-refractivity contribution in [2.75, 3.05) is 6.61 Å². The normalized spacial score (nSPS) is 16.7. The number of ether oxygens (including phenoxy) is 1. The van der Waals surface area contributed by atoms with Crippen molar-refractivity contribution in [2.24, 2.45) is 0 Å². The Morgan fingerprint density at radius 1 is 1.43 bits per heavy atom. The zero-order valence-electron chi connectivity index (χ0n) is 12.1. The number of imidazole rings is 1. The van der Waals surface area contributed by atoms with E-state index in [0.717, 1.165) is 22.2 Å². The van der Waals surface area contributed by atoms with Crippen LogP contribution < -0.4 is 10.1 Å². The van der Waals surface area contributed by atoms with Gasteiger partial charge >= 0.3 is 0 Å². The molecule has 1 aliphatic rings. The number of amides is 1. The van der Waals surface area contributed by atoms with E-state index in [4.69, 9.17) is 4.74 Å². The molecule has 1 aromatic carbocycles. The van der Waals surface area contributed by atoms with Crippen LogP contribution in [-0.2, 0) is 0 Å². The van der Waals surface area contributed by atoms with E-state index < -0.39 is 0 Å². The van der Waals surface area contributed by atoms with Gasteiger partial charge in [-0.05, 0) is 24.3 Å². The van der Waals surface area contributed by atoms with Gasteiger partial charge in [0.2, 0.25) is 5.78 Å². The van der Waals surface area contributed by atoms with E-state index in [-0.39, 0.29) is 11.9 Å². The lowest BCUT2D eigenvalue weighted by molar-refractivity contribution is 0.0920. The minimum Gasteiger partial charge on any atom is -0.493 e. The van der Waals surface area contributed by atoms with Crippen molar-refractivity contribution < 1.29 is 9.53 Å². The van der Waals surface area contributed by atoms with Crippen LogP contribution in [0.4, 0.5) is 0 Å². The topological polar surface area (TPSA) is 68.5 Å². The molecule has 2 aromatic heterocycles. The third-order valence-electron chi connectivity index (χ3n) is 3.78. The number of benzene rings is 1. The zero-order chi connectivity index (χ0) is 15.8.